The zero-order valence-electron chi connectivity index (χ0n) is 32.4. The Kier molecular flexibility index (Phi) is 8.96. The van der Waals surface area contributed by atoms with Gasteiger partial charge >= 0.3 is 0 Å². The van der Waals surface area contributed by atoms with Gasteiger partial charge in [0, 0.05) is 33.5 Å². The Bertz CT molecular complexity index is 3050. The maximum atomic E-state index is 6.76. The van der Waals surface area contributed by atoms with E-state index in [1.807, 2.05) is 0 Å². The minimum Gasteiger partial charge on any atom is -0.455 e. The largest absolute Gasteiger partial charge is 0.455 e. The number of benzene rings is 8. The Morgan fingerprint density at radius 3 is 1.88 bits per heavy atom. The van der Waals surface area contributed by atoms with Crippen molar-refractivity contribution in [2.24, 2.45) is 10.9 Å². The van der Waals surface area contributed by atoms with Crippen LogP contribution in [-0.4, -0.2) is 5.71 Å². The number of hydrogen-bond donors (Lipinski definition) is 0. The molecular formula is C55H43NO. The third-order valence-electron chi connectivity index (χ3n) is 11.9. The van der Waals surface area contributed by atoms with Crippen LogP contribution in [0.25, 0.3) is 77.0 Å². The van der Waals surface area contributed by atoms with E-state index in [-0.39, 0.29) is 5.92 Å². The fourth-order valence-corrected chi connectivity index (χ4v) is 8.90. The summed E-state index contributed by atoms with van der Waals surface area (Å²) >= 11 is 0. The number of hydrogen-bond acceptors (Lipinski definition) is 2. The Morgan fingerprint density at radius 1 is 0.526 bits per heavy atom. The van der Waals surface area contributed by atoms with Crippen molar-refractivity contribution >= 4 is 60.5 Å². The quantitative estimate of drug-likeness (QED) is 0.167. The van der Waals surface area contributed by atoms with E-state index in [2.05, 4.69) is 196 Å². The van der Waals surface area contributed by atoms with Gasteiger partial charge in [-0.15, -0.1) is 0 Å². The van der Waals surface area contributed by atoms with E-state index in [0.29, 0.717) is 0 Å². The van der Waals surface area contributed by atoms with Crippen molar-refractivity contribution in [2.45, 2.75) is 33.1 Å². The zero-order chi connectivity index (χ0) is 38.3. The Labute approximate surface area is 334 Å². The Morgan fingerprint density at radius 2 is 1.14 bits per heavy atom. The van der Waals surface area contributed by atoms with Crippen LogP contribution in [0, 0.1) is 5.92 Å². The molecule has 8 aromatic carbocycles. The highest BCUT2D eigenvalue weighted by molar-refractivity contribution is 6.15. The van der Waals surface area contributed by atoms with Crippen LogP contribution in [0.4, 0.5) is 0 Å². The maximum absolute atomic E-state index is 6.76. The highest BCUT2D eigenvalue weighted by Crippen LogP contribution is 2.42. The fourth-order valence-electron chi connectivity index (χ4n) is 8.90. The normalized spacial score (nSPS) is 16.0. The van der Waals surface area contributed by atoms with Crippen molar-refractivity contribution in [1.29, 1.82) is 0 Å². The number of nitrogens with zero attached hydrogens (tertiary/aromatic N) is 1. The minimum atomic E-state index is 0.160. The molecule has 1 atom stereocenters. The summed E-state index contributed by atoms with van der Waals surface area (Å²) in [6.45, 7) is 4.64. The summed E-state index contributed by atoms with van der Waals surface area (Å²) in [5, 5.41) is 7.24. The van der Waals surface area contributed by atoms with Gasteiger partial charge in [0.15, 0.2) is 0 Å². The molecule has 0 amide bonds. The van der Waals surface area contributed by atoms with Crippen molar-refractivity contribution in [3.8, 4) is 22.3 Å². The molecule has 2 nitrogen and oxygen atoms in total. The molecule has 10 rings (SSSR count). The third kappa shape index (κ3) is 6.48. The number of allylic oxidation sites excluding steroid dienone is 3. The number of furan rings is 1. The summed E-state index contributed by atoms with van der Waals surface area (Å²) in [6, 6.07) is 63.5. The third-order valence-corrected chi connectivity index (χ3v) is 11.9. The van der Waals surface area contributed by atoms with Crippen molar-refractivity contribution in [3.05, 3.63) is 204 Å². The lowest BCUT2D eigenvalue weighted by Crippen LogP contribution is -2.04. The van der Waals surface area contributed by atoms with Crippen LogP contribution in [0.3, 0.4) is 0 Å². The first-order chi connectivity index (χ1) is 28.1. The van der Waals surface area contributed by atoms with Crippen LogP contribution in [0.2, 0.25) is 0 Å². The summed E-state index contributed by atoms with van der Waals surface area (Å²) in [6.07, 6.45) is 5.14. The lowest BCUT2D eigenvalue weighted by atomic mass is 9.84. The maximum Gasteiger partial charge on any atom is 0.143 e. The van der Waals surface area contributed by atoms with Gasteiger partial charge in [0.25, 0.3) is 0 Å². The van der Waals surface area contributed by atoms with Crippen molar-refractivity contribution in [2.75, 3.05) is 0 Å². The van der Waals surface area contributed by atoms with E-state index >= 15 is 0 Å². The molecule has 2 heterocycles. The van der Waals surface area contributed by atoms with Crippen molar-refractivity contribution in [1.82, 2.24) is 0 Å². The number of fused-ring (bicyclic) bond motifs is 5. The standard InChI is InChI=1S/C55H43NO/c1-3-37-35-51(48-20-12-22-52-54(48)49-21-11-19-47(55(49)57-52)41-15-5-4-6-16-41)56-50(32-23-36(2)53(37)46-31-27-39-14-8-10-18-44(39)34-46)42-28-24-40(25-29-42)45-30-26-38-13-7-9-17-43(38)33-45/h4-22,24-31,33-35,37H,3,23,32H2,1-2H3/b51-35-,53-36?,56-50?. The first-order valence-electron chi connectivity index (χ1n) is 20.2. The van der Waals surface area contributed by atoms with Gasteiger partial charge in [-0.05, 0) is 99.3 Å². The van der Waals surface area contributed by atoms with Crippen LogP contribution in [-0.2, 0) is 0 Å². The van der Waals surface area contributed by atoms with Crippen LogP contribution < -0.4 is 0 Å². The highest BCUT2D eigenvalue weighted by Gasteiger charge is 2.23. The first-order valence-corrected chi connectivity index (χ1v) is 20.2. The molecule has 2 heteroatoms. The topological polar surface area (TPSA) is 25.5 Å². The van der Waals surface area contributed by atoms with Gasteiger partial charge in [-0.3, -0.25) is 4.99 Å². The van der Waals surface area contributed by atoms with E-state index in [9.17, 15) is 0 Å². The van der Waals surface area contributed by atoms with Crippen LogP contribution in [0.5, 0.6) is 0 Å². The summed E-state index contributed by atoms with van der Waals surface area (Å²) in [5.41, 5.74) is 14.9. The molecule has 0 radical (unpaired) electrons. The monoisotopic (exact) mass is 733 g/mol. The molecule has 0 fully saturated rings. The van der Waals surface area contributed by atoms with Gasteiger partial charge in [0.1, 0.15) is 11.2 Å². The molecule has 0 saturated heterocycles. The predicted molar refractivity (Wildman–Crippen MR) is 243 cm³/mol. The molecular weight excluding hydrogens is 691 g/mol. The van der Waals surface area contributed by atoms with E-state index in [1.54, 1.807) is 0 Å². The molecule has 57 heavy (non-hydrogen) atoms. The molecule has 0 saturated carbocycles. The molecule has 0 bridgehead atoms. The van der Waals surface area contributed by atoms with Crippen LogP contribution in [0.1, 0.15) is 49.8 Å². The van der Waals surface area contributed by atoms with Gasteiger partial charge in [0.2, 0.25) is 0 Å². The minimum absolute atomic E-state index is 0.160. The van der Waals surface area contributed by atoms with Crippen LogP contribution >= 0.6 is 0 Å². The molecule has 1 unspecified atom stereocenters. The Balaban J connectivity index is 1.15. The zero-order valence-corrected chi connectivity index (χ0v) is 32.4. The average molecular weight is 734 g/mol. The average Bonchev–Trinajstić information content (AvgIpc) is 3.69. The SMILES string of the molecule is CCC1/C=C(/c2cccc3oc4c(-c5ccccc5)cccc4c23)N=C(c2ccc(-c3ccc4ccccc4c3)cc2)CCC(C)=C1c1ccc2ccccc2c1. The second kappa shape index (κ2) is 14.7. The predicted octanol–water partition coefficient (Wildman–Crippen LogP) is 15.4. The number of rotatable bonds is 6. The summed E-state index contributed by atoms with van der Waals surface area (Å²) in [5.74, 6) is 0.160. The second-order valence-corrected chi connectivity index (χ2v) is 15.3. The second-order valence-electron chi connectivity index (χ2n) is 15.3. The van der Waals surface area contributed by atoms with E-state index < -0.39 is 0 Å². The molecule has 1 aliphatic heterocycles. The molecule has 1 aromatic heterocycles. The van der Waals surface area contributed by atoms with E-state index in [1.165, 1.54) is 49.4 Å². The lowest BCUT2D eigenvalue weighted by Gasteiger charge is -2.21. The summed E-state index contributed by atoms with van der Waals surface area (Å²) in [4.78, 5) is 5.72. The fraction of sp³-hybridized carbons (Fsp3) is 0.109. The van der Waals surface area contributed by atoms with Gasteiger partial charge in [-0.25, -0.2) is 0 Å². The van der Waals surface area contributed by atoms with Gasteiger partial charge in [-0.1, -0.05) is 176 Å². The number of aliphatic imine (C=N–C) groups is 1. The van der Waals surface area contributed by atoms with Gasteiger partial charge < -0.3 is 4.42 Å². The van der Waals surface area contributed by atoms with Crippen LogP contribution in [0.15, 0.2) is 197 Å². The molecule has 0 aliphatic carbocycles. The van der Waals surface area contributed by atoms with E-state index in [4.69, 9.17) is 9.41 Å². The van der Waals surface area contributed by atoms with Crippen molar-refractivity contribution < 1.29 is 4.42 Å². The van der Waals surface area contributed by atoms with Crippen molar-refractivity contribution in [3.63, 3.8) is 0 Å². The molecule has 274 valence electrons. The van der Waals surface area contributed by atoms with Gasteiger partial charge in [-0.2, -0.15) is 0 Å². The smallest absolute Gasteiger partial charge is 0.143 e. The summed E-state index contributed by atoms with van der Waals surface area (Å²) in [7, 11) is 0. The molecule has 9 aromatic rings. The molecule has 0 N–H and O–H groups in total. The Hall–Kier alpha value is -6.77. The first kappa shape index (κ1) is 34.7. The lowest BCUT2D eigenvalue weighted by molar-refractivity contribution is 0.670. The summed E-state index contributed by atoms with van der Waals surface area (Å²) < 4.78 is 6.76. The highest BCUT2D eigenvalue weighted by atomic mass is 16.3. The van der Waals surface area contributed by atoms with Gasteiger partial charge in [0.05, 0.1) is 5.70 Å². The molecule has 0 spiro atoms. The molecule has 1 aliphatic rings. The van der Waals surface area contributed by atoms with E-state index in [0.717, 1.165) is 74.9 Å². The number of para-hydroxylation sites is 1.